The second kappa shape index (κ2) is 6.56. The van der Waals surface area contributed by atoms with Gasteiger partial charge in [0.05, 0.1) is 6.73 Å². The summed E-state index contributed by atoms with van der Waals surface area (Å²) >= 11 is 0. The molecule has 5 heteroatoms. The Bertz CT molecular complexity index is 109. The molecule has 0 saturated carbocycles. The lowest BCUT2D eigenvalue weighted by Gasteiger charge is -2.25. The van der Waals surface area contributed by atoms with Crippen molar-refractivity contribution in [1.29, 1.82) is 0 Å². The topological polar surface area (TPSA) is 39.7 Å². The van der Waals surface area contributed by atoms with E-state index in [0.717, 1.165) is 12.5 Å². The highest BCUT2D eigenvalue weighted by Crippen LogP contribution is 2.14. The second-order valence-electron chi connectivity index (χ2n) is 2.48. The first-order chi connectivity index (χ1) is 5.74. The van der Waals surface area contributed by atoms with E-state index in [-0.39, 0.29) is 0 Å². The molecule has 12 heavy (non-hydrogen) atoms. The zero-order valence-corrected chi connectivity index (χ0v) is 9.35. The lowest BCUT2D eigenvalue weighted by Crippen LogP contribution is -2.45. The molecule has 0 aliphatic carbocycles. The zero-order valence-electron chi connectivity index (χ0n) is 8.35. The van der Waals surface area contributed by atoms with Gasteiger partial charge in [0.1, 0.15) is 0 Å². The van der Waals surface area contributed by atoms with E-state index in [2.05, 4.69) is 12.2 Å². The first-order valence-corrected chi connectivity index (χ1v) is 6.06. The van der Waals surface area contributed by atoms with Crippen LogP contribution in [0, 0.1) is 0 Å². The second-order valence-corrected chi connectivity index (χ2v) is 5.45. The van der Waals surface area contributed by atoms with Gasteiger partial charge in [0.25, 0.3) is 0 Å². The Balaban J connectivity index is 3.95. The average molecular weight is 193 g/mol. The Labute approximate surface area is 75.6 Å². The SMILES string of the molecule is CCC[Si](OC)(OC)OCNC. The van der Waals surface area contributed by atoms with Crippen molar-refractivity contribution in [2.45, 2.75) is 19.4 Å². The van der Waals surface area contributed by atoms with E-state index in [9.17, 15) is 0 Å². The van der Waals surface area contributed by atoms with Gasteiger partial charge in [-0.25, -0.2) is 0 Å². The van der Waals surface area contributed by atoms with E-state index in [1.807, 2.05) is 7.05 Å². The Kier molecular flexibility index (Phi) is 6.59. The molecule has 0 bridgehead atoms. The molecule has 1 N–H and O–H groups in total. The standard InChI is InChI=1S/C7H19NO3Si/c1-5-6-12(9-3,10-4)11-7-8-2/h8H,5-7H2,1-4H3. The summed E-state index contributed by atoms with van der Waals surface area (Å²) in [5.41, 5.74) is 0. The van der Waals surface area contributed by atoms with Gasteiger partial charge in [-0.1, -0.05) is 13.3 Å². The van der Waals surface area contributed by atoms with Crippen LogP contribution in [0.5, 0.6) is 0 Å². The molecule has 0 aromatic rings. The molecular formula is C7H19NO3Si. The normalized spacial score (nSPS) is 12.0. The predicted octanol–water partition coefficient (Wildman–Crippen LogP) is 0.822. The summed E-state index contributed by atoms with van der Waals surface area (Å²) < 4.78 is 16.1. The third kappa shape index (κ3) is 3.64. The summed E-state index contributed by atoms with van der Waals surface area (Å²) in [6, 6.07) is 0.863. The van der Waals surface area contributed by atoms with Crippen LogP contribution in [0.3, 0.4) is 0 Å². The van der Waals surface area contributed by atoms with E-state index in [1.165, 1.54) is 0 Å². The molecule has 0 aliphatic heterocycles. The summed E-state index contributed by atoms with van der Waals surface area (Å²) in [5, 5.41) is 2.90. The first-order valence-electron chi connectivity index (χ1n) is 4.13. The van der Waals surface area contributed by atoms with Gasteiger partial charge in [-0.2, -0.15) is 0 Å². The maximum absolute atomic E-state index is 5.50. The molecule has 4 nitrogen and oxygen atoms in total. The first kappa shape index (κ1) is 12.1. The summed E-state index contributed by atoms with van der Waals surface area (Å²) in [6.45, 7) is 2.57. The van der Waals surface area contributed by atoms with Crippen molar-refractivity contribution in [3.63, 3.8) is 0 Å². The van der Waals surface area contributed by atoms with Crippen LogP contribution in [-0.2, 0) is 13.3 Å². The van der Waals surface area contributed by atoms with Gasteiger partial charge in [0.2, 0.25) is 0 Å². The van der Waals surface area contributed by atoms with Gasteiger partial charge in [-0.05, 0) is 7.05 Å². The van der Waals surface area contributed by atoms with Gasteiger partial charge in [-0.15, -0.1) is 0 Å². The maximum atomic E-state index is 5.50. The highest BCUT2D eigenvalue weighted by molar-refractivity contribution is 6.60. The minimum atomic E-state index is -2.33. The summed E-state index contributed by atoms with van der Waals surface area (Å²) in [7, 11) is 2.78. The van der Waals surface area contributed by atoms with Crippen molar-refractivity contribution in [2.24, 2.45) is 0 Å². The van der Waals surface area contributed by atoms with Crippen molar-refractivity contribution < 1.29 is 13.3 Å². The minimum absolute atomic E-state index is 0.480. The number of hydrogen-bond donors (Lipinski definition) is 1. The molecule has 0 radical (unpaired) electrons. The predicted molar refractivity (Wildman–Crippen MR) is 49.9 cm³/mol. The van der Waals surface area contributed by atoms with Gasteiger partial charge in [0.15, 0.2) is 0 Å². The molecule has 0 unspecified atom stereocenters. The van der Waals surface area contributed by atoms with Crippen LogP contribution >= 0.6 is 0 Å². The summed E-state index contributed by atoms with van der Waals surface area (Å²) in [4.78, 5) is 0. The van der Waals surface area contributed by atoms with Crippen molar-refractivity contribution in [3.8, 4) is 0 Å². The average Bonchev–Trinajstić information content (AvgIpc) is 2.13. The Morgan fingerprint density at radius 2 is 1.83 bits per heavy atom. The molecular weight excluding hydrogens is 174 g/mol. The molecule has 0 spiro atoms. The fourth-order valence-corrected chi connectivity index (χ4v) is 2.90. The third-order valence-corrected chi connectivity index (χ3v) is 4.56. The molecule has 74 valence electrons. The monoisotopic (exact) mass is 193 g/mol. The van der Waals surface area contributed by atoms with Crippen molar-refractivity contribution >= 4 is 8.80 Å². The van der Waals surface area contributed by atoms with E-state index in [0.29, 0.717) is 6.73 Å². The lowest BCUT2D eigenvalue weighted by molar-refractivity contribution is 0.0923. The molecule has 0 aromatic carbocycles. The molecule has 0 saturated heterocycles. The van der Waals surface area contributed by atoms with E-state index < -0.39 is 8.80 Å². The Hall–Kier alpha value is 0.0569. The van der Waals surface area contributed by atoms with Gasteiger partial charge >= 0.3 is 8.80 Å². The van der Waals surface area contributed by atoms with Crippen LogP contribution in [-0.4, -0.2) is 36.8 Å². The molecule has 0 atom stereocenters. The molecule has 0 amide bonds. The minimum Gasteiger partial charge on any atom is -0.377 e. The molecule has 0 fully saturated rings. The third-order valence-electron chi connectivity index (χ3n) is 1.61. The number of hydrogen-bond acceptors (Lipinski definition) is 4. The Morgan fingerprint density at radius 1 is 1.25 bits per heavy atom. The lowest BCUT2D eigenvalue weighted by atomic mass is 10.6. The highest BCUT2D eigenvalue weighted by Gasteiger charge is 2.37. The number of rotatable bonds is 7. The van der Waals surface area contributed by atoms with Crippen molar-refractivity contribution in [3.05, 3.63) is 0 Å². The fraction of sp³-hybridized carbons (Fsp3) is 1.00. The zero-order chi connectivity index (χ0) is 9.45. The number of nitrogens with one attached hydrogen (secondary N) is 1. The van der Waals surface area contributed by atoms with E-state index in [1.54, 1.807) is 14.2 Å². The van der Waals surface area contributed by atoms with Crippen LogP contribution in [0.1, 0.15) is 13.3 Å². The highest BCUT2D eigenvalue weighted by atomic mass is 28.4. The smallest absolute Gasteiger partial charge is 0.377 e. The molecule has 0 aromatic heterocycles. The van der Waals surface area contributed by atoms with Gasteiger partial charge in [-0.3, -0.25) is 5.32 Å². The van der Waals surface area contributed by atoms with Gasteiger partial charge < -0.3 is 13.3 Å². The quantitative estimate of drug-likeness (QED) is 0.480. The largest absolute Gasteiger partial charge is 0.501 e. The van der Waals surface area contributed by atoms with Gasteiger partial charge in [0, 0.05) is 20.3 Å². The summed E-state index contributed by atoms with van der Waals surface area (Å²) in [6.07, 6.45) is 1.01. The molecule has 0 heterocycles. The fourth-order valence-electron chi connectivity index (χ4n) is 0.966. The summed E-state index contributed by atoms with van der Waals surface area (Å²) in [5.74, 6) is 0. The van der Waals surface area contributed by atoms with Crippen molar-refractivity contribution in [2.75, 3.05) is 28.0 Å². The van der Waals surface area contributed by atoms with E-state index >= 15 is 0 Å². The molecule has 0 rings (SSSR count). The van der Waals surface area contributed by atoms with Crippen LogP contribution < -0.4 is 5.32 Å². The Morgan fingerprint density at radius 3 is 2.17 bits per heavy atom. The van der Waals surface area contributed by atoms with Crippen LogP contribution in [0.15, 0.2) is 0 Å². The van der Waals surface area contributed by atoms with E-state index in [4.69, 9.17) is 13.3 Å². The van der Waals surface area contributed by atoms with Crippen LogP contribution in [0.4, 0.5) is 0 Å². The van der Waals surface area contributed by atoms with Crippen molar-refractivity contribution in [1.82, 2.24) is 5.32 Å². The molecule has 0 aliphatic rings. The van der Waals surface area contributed by atoms with Crippen LogP contribution in [0.2, 0.25) is 6.04 Å². The van der Waals surface area contributed by atoms with Crippen LogP contribution in [0.25, 0.3) is 0 Å². The maximum Gasteiger partial charge on any atom is 0.501 e.